The van der Waals surface area contributed by atoms with Gasteiger partial charge in [0, 0.05) is 25.7 Å². The number of likely N-dealkylation sites (N-methyl/N-ethyl adjacent to an activating group) is 1. The summed E-state index contributed by atoms with van der Waals surface area (Å²) in [7, 11) is -1.57. The zero-order chi connectivity index (χ0) is 15.6. The molecule has 2 heterocycles. The molecule has 0 radical (unpaired) electrons. The highest BCUT2D eigenvalue weighted by Gasteiger charge is 2.29. The van der Waals surface area contributed by atoms with E-state index in [-0.39, 0.29) is 17.5 Å². The van der Waals surface area contributed by atoms with Crippen molar-refractivity contribution in [1.29, 1.82) is 0 Å². The summed E-state index contributed by atoms with van der Waals surface area (Å²) in [6.07, 6.45) is 1.38. The molecule has 0 spiro atoms. The molecule has 1 unspecified atom stereocenters. The van der Waals surface area contributed by atoms with Crippen LogP contribution in [0.25, 0.3) is 0 Å². The van der Waals surface area contributed by atoms with E-state index >= 15 is 0 Å². The Balaban J connectivity index is 2.21. The number of sulfonamides is 1. The van der Waals surface area contributed by atoms with Crippen LogP contribution in [0.4, 0.5) is 0 Å². The Labute approximate surface area is 126 Å². The van der Waals surface area contributed by atoms with Gasteiger partial charge in [0.2, 0.25) is 10.0 Å². The number of aliphatic hydroxyl groups is 1. The molecule has 1 aromatic heterocycles. The molecule has 7 nitrogen and oxygen atoms in total. The van der Waals surface area contributed by atoms with Gasteiger partial charge in [0.25, 0.3) is 0 Å². The molecule has 2 N–H and O–H groups in total. The second-order valence-corrected chi connectivity index (χ2v) is 7.32. The van der Waals surface area contributed by atoms with Gasteiger partial charge in [0.05, 0.1) is 11.4 Å². The number of hydrogen-bond acceptors (Lipinski definition) is 5. The van der Waals surface area contributed by atoms with E-state index in [2.05, 4.69) is 14.7 Å². The number of aliphatic hydroxyl groups excluding tert-OH is 1. The average Bonchev–Trinajstić information content (AvgIpc) is 2.90. The number of rotatable bonds is 6. The lowest BCUT2D eigenvalue weighted by molar-refractivity contribution is 0.276. The van der Waals surface area contributed by atoms with Gasteiger partial charge < -0.3 is 10.0 Å². The molecular formula is C13H24N4O3S. The first-order valence-electron chi connectivity index (χ1n) is 7.21. The Kier molecular flexibility index (Phi) is 5.03. The maximum Gasteiger partial charge on any atom is 0.244 e. The van der Waals surface area contributed by atoms with Crippen LogP contribution in [0.1, 0.15) is 24.2 Å². The van der Waals surface area contributed by atoms with E-state index in [9.17, 15) is 8.42 Å². The van der Waals surface area contributed by atoms with Crippen molar-refractivity contribution in [2.45, 2.75) is 44.2 Å². The van der Waals surface area contributed by atoms with E-state index < -0.39 is 10.0 Å². The lowest BCUT2D eigenvalue weighted by atomic mass is 10.3. The normalized spacial score (nSPS) is 20.3. The SMILES string of the molecule is Cc1nn(CCCO)c(C)c1S(=O)(=O)NC1CCN(C)C1. The summed E-state index contributed by atoms with van der Waals surface area (Å²) in [6.45, 7) is 5.68. The fourth-order valence-corrected chi connectivity index (χ4v) is 4.49. The molecule has 0 aromatic carbocycles. The van der Waals surface area contributed by atoms with Crippen molar-refractivity contribution < 1.29 is 13.5 Å². The van der Waals surface area contributed by atoms with Crippen molar-refractivity contribution in [3.8, 4) is 0 Å². The fraction of sp³-hybridized carbons (Fsp3) is 0.769. The van der Waals surface area contributed by atoms with E-state index in [0.717, 1.165) is 19.5 Å². The second-order valence-electron chi connectivity index (χ2n) is 5.67. The molecular weight excluding hydrogens is 292 g/mol. The number of aromatic nitrogens is 2. The predicted octanol–water partition coefficient (Wildman–Crippen LogP) is -0.135. The van der Waals surface area contributed by atoms with Gasteiger partial charge in [-0.3, -0.25) is 4.68 Å². The van der Waals surface area contributed by atoms with Gasteiger partial charge in [-0.05, 0) is 40.3 Å². The van der Waals surface area contributed by atoms with Gasteiger partial charge in [-0.25, -0.2) is 13.1 Å². The minimum atomic E-state index is -3.56. The average molecular weight is 316 g/mol. The molecule has 1 fully saturated rings. The van der Waals surface area contributed by atoms with Gasteiger partial charge in [-0.1, -0.05) is 0 Å². The third-order valence-electron chi connectivity index (χ3n) is 3.83. The Morgan fingerprint density at radius 1 is 1.43 bits per heavy atom. The van der Waals surface area contributed by atoms with Crippen LogP contribution < -0.4 is 4.72 Å². The molecule has 120 valence electrons. The first kappa shape index (κ1) is 16.4. The number of hydrogen-bond donors (Lipinski definition) is 2. The highest BCUT2D eigenvalue weighted by Crippen LogP contribution is 2.21. The molecule has 0 amide bonds. The molecule has 1 aliphatic rings. The lowest BCUT2D eigenvalue weighted by Crippen LogP contribution is -2.36. The number of nitrogens with one attached hydrogen (secondary N) is 1. The van der Waals surface area contributed by atoms with Crippen LogP contribution in [-0.4, -0.2) is 61.0 Å². The van der Waals surface area contributed by atoms with Gasteiger partial charge >= 0.3 is 0 Å². The summed E-state index contributed by atoms with van der Waals surface area (Å²) in [5.74, 6) is 0. The summed E-state index contributed by atoms with van der Waals surface area (Å²) >= 11 is 0. The number of nitrogens with zero attached hydrogens (tertiary/aromatic N) is 3. The van der Waals surface area contributed by atoms with E-state index in [4.69, 9.17) is 5.11 Å². The standard InChI is InChI=1S/C13H24N4O3S/c1-10-13(11(2)17(14-10)6-4-8-18)21(19,20)15-12-5-7-16(3)9-12/h12,15,18H,4-9H2,1-3H3. The lowest BCUT2D eigenvalue weighted by Gasteiger charge is -2.13. The maximum absolute atomic E-state index is 12.6. The van der Waals surface area contributed by atoms with Gasteiger partial charge in [0.15, 0.2) is 0 Å². The Bertz CT molecular complexity index is 597. The quantitative estimate of drug-likeness (QED) is 0.763. The molecule has 1 aliphatic heterocycles. The smallest absolute Gasteiger partial charge is 0.244 e. The molecule has 21 heavy (non-hydrogen) atoms. The van der Waals surface area contributed by atoms with Crippen molar-refractivity contribution in [2.24, 2.45) is 0 Å². The molecule has 1 aromatic rings. The summed E-state index contributed by atoms with van der Waals surface area (Å²) in [4.78, 5) is 2.38. The Hall–Kier alpha value is -0.960. The van der Waals surface area contributed by atoms with E-state index in [0.29, 0.717) is 24.4 Å². The minimum absolute atomic E-state index is 0.0420. The van der Waals surface area contributed by atoms with Crippen LogP contribution in [0.3, 0.4) is 0 Å². The predicted molar refractivity (Wildman–Crippen MR) is 79.6 cm³/mol. The Morgan fingerprint density at radius 3 is 2.71 bits per heavy atom. The summed E-state index contributed by atoms with van der Waals surface area (Å²) < 4.78 is 29.6. The maximum atomic E-state index is 12.6. The van der Waals surface area contributed by atoms with E-state index in [1.54, 1.807) is 18.5 Å². The molecule has 8 heteroatoms. The highest BCUT2D eigenvalue weighted by molar-refractivity contribution is 7.89. The van der Waals surface area contributed by atoms with Crippen LogP contribution in [0.5, 0.6) is 0 Å². The number of aryl methyl sites for hydroxylation is 2. The third-order valence-corrected chi connectivity index (χ3v) is 5.60. The summed E-state index contributed by atoms with van der Waals surface area (Å²) in [6, 6.07) is -0.0420. The van der Waals surface area contributed by atoms with Crippen LogP contribution in [0, 0.1) is 13.8 Å². The fourth-order valence-electron chi connectivity index (χ4n) is 2.82. The van der Waals surface area contributed by atoms with Crippen LogP contribution in [-0.2, 0) is 16.6 Å². The van der Waals surface area contributed by atoms with Crippen LogP contribution >= 0.6 is 0 Å². The molecule has 1 saturated heterocycles. The Morgan fingerprint density at radius 2 is 2.14 bits per heavy atom. The van der Waals surface area contributed by atoms with Crippen molar-refractivity contribution in [3.63, 3.8) is 0 Å². The van der Waals surface area contributed by atoms with Gasteiger partial charge in [-0.15, -0.1) is 0 Å². The van der Waals surface area contributed by atoms with Crippen molar-refractivity contribution >= 4 is 10.0 Å². The zero-order valence-electron chi connectivity index (χ0n) is 12.8. The second kappa shape index (κ2) is 6.43. The molecule has 0 bridgehead atoms. The summed E-state index contributed by atoms with van der Waals surface area (Å²) in [5, 5.41) is 13.2. The number of likely N-dealkylation sites (tertiary alicyclic amines) is 1. The molecule has 0 aliphatic carbocycles. The largest absolute Gasteiger partial charge is 0.396 e. The van der Waals surface area contributed by atoms with E-state index in [1.165, 1.54) is 0 Å². The van der Waals surface area contributed by atoms with Crippen molar-refractivity contribution in [3.05, 3.63) is 11.4 Å². The molecule has 0 saturated carbocycles. The monoisotopic (exact) mass is 316 g/mol. The summed E-state index contributed by atoms with van der Waals surface area (Å²) in [5.41, 5.74) is 1.13. The highest BCUT2D eigenvalue weighted by atomic mass is 32.2. The first-order valence-corrected chi connectivity index (χ1v) is 8.69. The van der Waals surface area contributed by atoms with Crippen molar-refractivity contribution in [2.75, 3.05) is 26.7 Å². The minimum Gasteiger partial charge on any atom is -0.396 e. The van der Waals surface area contributed by atoms with Crippen LogP contribution in [0.2, 0.25) is 0 Å². The van der Waals surface area contributed by atoms with Gasteiger partial charge in [0.1, 0.15) is 4.90 Å². The topological polar surface area (TPSA) is 87.5 Å². The van der Waals surface area contributed by atoms with Gasteiger partial charge in [-0.2, -0.15) is 5.10 Å². The molecule has 1 atom stereocenters. The zero-order valence-corrected chi connectivity index (χ0v) is 13.7. The van der Waals surface area contributed by atoms with Crippen molar-refractivity contribution in [1.82, 2.24) is 19.4 Å². The van der Waals surface area contributed by atoms with E-state index in [1.807, 2.05) is 7.05 Å². The van der Waals surface area contributed by atoms with Crippen LogP contribution in [0.15, 0.2) is 4.90 Å². The molecule has 2 rings (SSSR count). The first-order chi connectivity index (χ1) is 9.85. The third kappa shape index (κ3) is 3.63.